The summed E-state index contributed by atoms with van der Waals surface area (Å²) in [5.74, 6) is 0.344. The smallest absolute Gasteiger partial charge is 0.137 e. The number of rotatable bonds is 7. The second-order valence-electron chi connectivity index (χ2n) is 6.52. The lowest BCUT2D eigenvalue weighted by atomic mass is 10.0. The van der Waals surface area contributed by atoms with Crippen LogP contribution < -0.4 is 5.32 Å². The number of morpholine rings is 1. The standard InChI is InChI=1S/C19H26N2O2/c1-15-12-17-13-16(5-6-19(17)20-15)14-18(22)4-2-3-7-21-8-10-23-11-9-21/h5-6,13,20H,1-4,7-12,14H2. The topological polar surface area (TPSA) is 41.6 Å². The summed E-state index contributed by atoms with van der Waals surface area (Å²) < 4.78 is 5.34. The lowest BCUT2D eigenvalue weighted by molar-refractivity contribution is -0.118. The fraction of sp³-hybridized carbons (Fsp3) is 0.526. The molecule has 1 aromatic carbocycles. The summed E-state index contributed by atoms with van der Waals surface area (Å²) in [6.45, 7) is 8.80. The molecule has 1 aromatic rings. The molecule has 1 N–H and O–H groups in total. The molecule has 0 amide bonds. The monoisotopic (exact) mass is 314 g/mol. The van der Waals surface area contributed by atoms with Crippen LogP contribution in [-0.2, 0) is 22.4 Å². The molecule has 0 radical (unpaired) electrons. The van der Waals surface area contributed by atoms with Crippen LogP contribution >= 0.6 is 0 Å². The molecule has 1 saturated heterocycles. The van der Waals surface area contributed by atoms with Crippen LogP contribution in [-0.4, -0.2) is 43.5 Å². The first kappa shape index (κ1) is 16.2. The van der Waals surface area contributed by atoms with Gasteiger partial charge in [-0.2, -0.15) is 0 Å². The third kappa shape index (κ3) is 4.66. The van der Waals surface area contributed by atoms with Gasteiger partial charge in [-0.25, -0.2) is 0 Å². The van der Waals surface area contributed by atoms with Crippen LogP contribution in [0, 0.1) is 0 Å². The van der Waals surface area contributed by atoms with Crippen molar-refractivity contribution in [2.45, 2.75) is 32.1 Å². The van der Waals surface area contributed by atoms with Crippen molar-refractivity contribution in [3.8, 4) is 0 Å². The maximum absolute atomic E-state index is 12.2. The van der Waals surface area contributed by atoms with Gasteiger partial charge in [-0.3, -0.25) is 9.69 Å². The maximum Gasteiger partial charge on any atom is 0.137 e. The Hall–Kier alpha value is -1.65. The van der Waals surface area contributed by atoms with Crippen molar-refractivity contribution < 1.29 is 9.53 Å². The Labute approximate surface area is 138 Å². The van der Waals surface area contributed by atoms with Crippen LogP contribution in [0.4, 0.5) is 5.69 Å². The number of anilines is 1. The Bertz CT molecular complexity index is 577. The predicted molar refractivity (Wildman–Crippen MR) is 92.7 cm³/mol. The third-order valence-electron chi connectivity index (χ3n) is 4.57. The number of fused-ring (bicyclic) bond motifs is 1. The van der Waals surface area contributed by atoms with Crippen molar-refractivity contribution in [1.82, 2.24) is 4.90 Å². The number of carbonyl (C=O) groups is 1. The minimum absolute atomic E-state index is 0.344. The molecule has 23 heavy (non-hydrogen) atoms. The summed E-state index contributed by atoms with van der Waals surface area (Å²) >= 11 is 0. The second-order valence-corrected chi connectivity index (χ2v) is 6.52. The molecule has 0 saturated carbocycles. The van der Waals surface area contributed by atoms with Gasteiger partial charge in [-0.1, -0.05) is 18.7 Å². The van der Waals surface area contributed by atoms with E-state index in [2.05, 4.69) is 35.0 Å². The first-order chi connectivity index (χ1) is 11.2. The van der Waals surface area contributed by atoms with E-state index in [-0.39, 0.29) is 0 Å². The summed E-state index contributed by atoms with van der Waals surface area (Å²) in [6.07, 6.45) is 4.19. The molecule has 4 heteroatoms. The summed E-state index contributed by atoms with van der Waals surface area (Å²) in [5, 5.41) is 3.26. The lowest BCUT2D eigenvalue weighted by Crippen LogP contribution is -2.36. The first-order valence-electron chi connectivity index (χ1n) is 8.59. The largest absolute Gasteiger partial charge is 0.379 e. The molecule has 2 heterocycles. The van der Waals surface area contributed by atoms with Crippen LogP contribution in [0.2, 0.25) is 0 Å². The summed E-state index contributed by atoms with van der Waals surface area (Å²) in [4.78, 5) is 14.6. The van der Waals surface area contributed by atoms with Crippen molar-refractivity contribution in [3.63, 3.8) is 0 Å². The number of hydrogen-bond donors (Lipinski definition) is 1. The Morgan fingerprint density at radius 1 is 1.26 bits per heavy atom. The van der Waals surface area contributed by atoms with Gasteiger partial charge in [0, 0.05) is 43.7 Å². The number of Topliss-reactive ketones (excluding diaryl/α,β-unsaturated/α-hetero) is 1. The van der Waals surface area contributed by atoms with Crippen molar-refractivity contribution in [1.29, 1.82) is 0 Å². The molecule has 0 spiro atoms. The molecule has 2 aliphatic heterocycles. The van der Waals surface area contributed by atoms with Crippen molar-refractivity contribution in [3.05, 3.63) is 41.6 Å². The quantitative estimate of drug-likeness (QED) is 0.786. The molecule has 0 bridgehead atoms. The number of ether oxygens (including phenoxy) is 1. The normalized spacial score (nSPS) is 17.8. The average Bonchev–Trinajstić information content (AvgIpc) is 2.92. The summed E-state index contributed by atoms with van der Waals surface area (Å²) in [5.41, 5.74) is 4.55. The van der Waals surface area contributed by atoms with E-state index >= 15 is 0 Å². The first-order valence-corrected chi connectivity index (χ1v) is 8.59. The van der Waals surface area contributed by atoms with Crippen molar-refractivity contribution in [2.75, 3.05) is 38.2 Å². The Balaban J connectivity index is 1.38. The van der Waals surface area contributed by atoms with Gasteiger partial charge in [0.05, 0.1) is 13.2 Å². The number of nitrogens with one attached hydrogen (secondary N) is 1. The lowest BCUT2D eigenvalue weighted by Gasteiger charge is -2.26. The van der Waals surface area contributed by atoms with Crippen molar-refractivity contribution in [2.24, 2.45) is 0 Å². The van der Waals surface area contributed by atoms with Crippen molar-refractivity contribution >= 4 is 11.5 Å². The SMILES string of the molecule is C=C1Cc2cc(CC(=O)CCCCN3CCOCC3)ccc2N1. The highest BCUT2D eigenvalue weighted by Crippen LogP contribution is 2.28. The van der Waals surface area contributed by atoms with E-state index < -0.39 is 0 Å². The van der Waals surface area contributed by atoms with E-state index in [1.54, 1.807) is 0 Å². The highest BCUT2D eigenvalue weighted by molar-refractivity contribution is 5.81. The van der Waals surface area contributed by atoms with Crippen LogP contribution in [0.25, 0.3) is 0 Å². The van der Waals surface area contributed by atoms with Gasteiger partial charge < -0.3 is 10.1 Å². The van der Waals surface area contributed by atoms with Gasteiger partial charge in [0.15, 0.2) is 0 Å². The molecule has 124 valence electrons. The van der Waals surface area contributed by atoms with Gasteiger partial charge >= 0.3 is 0 Å². The maximum atomic E-state index is 12.2. The van der Waals surface area contributed by atoms with E-state index in [9.17, 15) is 4.79 Å². The minimum Gasteiger partial charge on any atom is -0.379 e. The predicted octanol–water partition coefficient (Wildman–Crippen LogP) is 2.78. The Kier molecular flexibility index (Phi) is 5.47. The second kappa shape index (κ2) is 7.75. The Morgan fingerprint density at radius 2 is 2.09 bits per heavy atom. The zero-order chi connectivity index (χ0) is 16.1. The van der Waals surface area contributed by atoms with E-state index in [0.717, 1.165) is 69.1 Å². The van der Waals surface area contributed by atoms with Crippen LogP contribution in [0.5, 0.6) is 0 Å². The molecule has 1 fully saturated rings. The highest BCUT2D eigenvalue weighted by Gasteiger charge is 2.14. The number of nitrogens with zero attached hydrogens (tertiary/aromatic N) is 1. The fourth-order valence-corrected chi connectivity index (χ4v) is 3.29. The number of allylic oxidation sites excluding steroid dienone is 1. The molecule has 2 aliphatic rings. The van der Waals surface area contributed by atoms with Crippen LogP contribution in [0.3, 0.4) is 0 Å². The fourth-order valence-electron chi connectivity index (χ4n) is 3.29. The van der Waals surface area contributed by atoms with Crippen LogP contribution in [0.15, 0.2) is 30.5 Å². The highest BCUT2D eigenvalue weighted by atomic mass is 16.5. The molecule has 4 nitrogen and oxygen atoms in total. The number of benzene rings is 1. The molecule has 3 rings (SSSR count). The van der Waals surface area contributed by atoms with Gasteiger partial charge in [0.2, 0.25) is 0 Å². The zero-order valence-corrected chi connectivity index (χ0v) is 13.8. The molecular formula is C19H26N2O2. The summed E-state index contributed by atoms with van der Waals surface area (Å²) in [7, 11) is 0. The molecular weight excluding hydrogens is 288 g/mol. The van der Waals surface area contributed by atoms with E-state index in [1.807, 2.05) is 0 Å². The van der Waals surface area contributed by atoms with Gasteiger partial charge in [0.25, 0.3) is 0 Å². The van der Waals surface area contributed by atoms with Crippen LogP contribution in [0.1, 0.15) is 30.4 Å². The Morgan fingerprint density at radius 3 is 2.91 bits per heavy atom. The molecule has 0 atom stereocenters. The van der Waals surface area contributed by atoms with E-state index in [4.69, 9.17) is 4.74 Å². The molecule has 0 unspecified atom stereocenters. The number of ketones is 1. The zero-order valence-electron chi connectivity index (χ0n) is 13.8. The number of hydrogen-bond acceptors (Lipinski definition) is 4. The number of unbranched alkanes of at least 4 members (excludes halogenated alkanes) is 1. The third-order valence-corrected chi connectivity index (χ3v) is 4.57. The van der Waals surface area contributed by atoms with E-state index in [0.29, 0.717) is 18.6 Å². The molecule has 0 aliphatic carbocycles. The average molecular weight is 314 g/mol. The van der Waals surface area contributed by atoms with Gasteiger partial charge in [0.1, 0.15) is 5.78 Å². The molecule has 0 aromatic heterocycles. The number of carbonyl (C=O) groups excluding carboxylic acids is 1. The minimum atomic E-state index is 0.344. The van der Waals surface area contributed by atoms with Gasteiger partial charge in [-0.05, 0) is 36.6 Å². The van der Waals surface area contributed by atoms with E-state index in [1.165, 1.54) is 5.56 Å². The summed E-state index contributed by atoms with van der Waals surface area (Å²) in [6, 6.07) is 6.26. The van der Waals surface area contributed by atoms with Gasteiger partial charge in [-0.15, -0.1) is 0 Å².